The van der Waals surface area contributed by atoms with Gasteiger partial charge < -0.3 is 4.57 Å². The molecule has 2 aromatic carbocycles. The van der Waals surface area contributed by atoms with Crippen molar-refractivity contribution >= 4 is 53.7 Å². The molecule has 1 nitrogen and oxygen atoms in total. The third-order valence-electron chi connectivity index (χ3n) is 4.17. The molecule has 1 aliphatic carbocycles. The van der Waals surface area contributed by atoms with Crippen LogP contribution >= 0.6 is 31.9 Å². The molecule has 3 heteroatoms. The molecule has 1 aliphatic rings. The van der Waals surface area contributed by atoms with E-state index in [4.69, 9.17) is 0 Å². The van der Waals surface area contributed by atoms with Crippen LogP contribution in [0.4, 0.5) is 0 Å². The van der Waals surface area contributed by atoms with Gasteiger partial charge in [-0.15, -0.1) is 0 Å². The van der Waals surface area contributed by atoms with Crippen molar-refractivity contribution in [1.29, 1.82) is 0 Å². The van der Waals surface area contributed by atoms with E-state index >= 15 is 0 Å². The van der Waals surface area contributed by atoms with E-state index in [2.05, 4.69) is 72.8 Å². The molecule has 0 amide bonds. The van der Waals surface area contributed by atoms with Crippen LogP contribution in [0.5, 0.6) is 0 Å². The second-order valence-electron chi connectivity index (χ2n) is 5.28. The van der Waals surface area contributed by atoms with Gasteiger partial charge >= 0.3 is 0 Å². The van der Waals surface area contributed by atoms with E-state index < -0.39 is 0 Å². The highest BCUT2D eigenvalue weighted by molar-refractivity contribution is 9.10. The number of halogens is 2. The van der Waals surface area contributed by atoms with Gasteiger partial charge in [-0.3, -0.25) is 0 Å². The smallest absolute Gasteiger partial charge is 0.0494 e. The molecule has 0 spiro atoms. The Morgan fingerprint density at radius 2 is 1.37 bits per heavy atom. The third-order valence-corrected chi connectivity index (χ3v) is 5.15. The van der Waals surface area contributed by atoms with Crippen LogP contribution in [0.15, 0.2) is 45.3 Å². The maximum absolute atomic E-state index is 3.59. The third kappa shape index (κ3) is 1.78. The lowest BCUT2D eigenvalue weighted by Crippen LogP contribution is -2.16. The molecule has 1 heterocycles. The van der Waals surface area contributed by atoms with Gasteiger partial charge in [-0.05, 0) is 55.7 Å². The second-order valence-corrected chi connectivity index (χ2v) is 7.11. The van der Waals surface area contributed by atoms with Crippen LogP contribution in [0.25, 0.3) is 21.8 Å². The van der Waals surface area contributed by atoms with Crippen LogP contribution < -0.4 is 0 Å². The van der Waals surface area contributed by atoms with E-state index in [9.17, 15) is 0 Å². The molecule has 0 N–H and O–H groups in total. The van der Waals surface area contributed by atoms with Gasteiger partial charge in [-0.25, -0.2) is 0 Å². The van der Waals surface area contributed by atoms with E-state index in [1.165, 1.54) is 41.1 Å². The van der Waals surface area contributed by atoms with Crippen molar-refractivity contribution < 1.29 is 0 Å². The highest BCUT2D eigenvalue weighted by Crippen LogP contribution is 2.41. The summed E-state index contributed by atoms with van der Waals surface area (Å²) in [5.74, 6) is 0. The van der Waals surface area contributed by atoms with Crippen LogP contribution in [0, 0.1) is 0 Å². The molecular weight excluding hydrogens is 366 g/mol. The minimum Gasteiger partial charge on any atom is -0.337 e. The Morgan fingerprint density at radius 3 is 1.79 bits per heavy atom. The second kappa shape index (κ2) is 4.35. The number of hydrogen-bond donors (Lipinski definition) is 0. The largest absolute Gasteiger partial charge is 0.337 e. The van der Waals surface area contributed by atoms with Gasteiger partial charge in [0.05, 0.1) is 0 Å². The van der Waals surface area contributed by atoms with E-state index in [1.807, 2.05) is 0 Å². The zero-order chi connectivity index (χ0) is 13.0. The first-order valence-electron chi connectivity index (χ1n) is 6.63. The van der Waals surface area contributed by atoms with Crippen molar-refractivity contribution in [2.45, 2.75) is 25.3 Å². The lowest BCUT2D eigenvalue weighted by Gasteiger charge is -2.29. The summed E-state index contributed by atoms with van der Waals surface area (Å²) in [6, 6.07) is 13.9. The van der Waals surface area contributed by atoms with Gasteiger partial charge in [0.25, 0.3) is 0 Å². The molecule has 19 heavy (non-hydrogen) atoms. The fourth-order valence-corrected chi connectivity index (χ4v) is 3.76. The topological polar surface area (TPSA) is 4.93 Å². The number of benzene rings is 2. The Kier molecular flexibility index (Phi) is 2.75. The number of aromatic nitrogens is 1. The first-order valence-corrected chi connectivity index (χ1v) is 8.21. The highest BCUT2D eigenvalue weighted by atomic mass is 79.9. The standard InChI is InChI=1S/C16H13Br2N/c17-10-4-6-15-13(8-10)14-9-11(18)5-7-16(14)19(15)12-2-1-3-12/h4-9,12H,1-3H2. The molecule has 0 aliphatic heterocycles. The van der Waals surface area contributed by atoms with Gasteiger partial charge in [-0.2, -0.15) is 0 Å². The first kappa shape index (κ1) is 12.0. The van der Waals surface area contributed by atoms with Crippen molar-refractivity contribution in [2.24, 2.45) is 0 Å². The molecule has 1 saturated carbocycles. The van der Waals surface area contributed by atoms with Crippen LogP contribution in [-0.2, 0) is 0 Å². The maximum Gasteiger partial charge on any atom is 0.0494 e. The monoisotopic (exact) mass is 377 g/mol. The minimum absolute atomic E-state index is 0.683. The first-order chi connectivity index (χ1) is 9.24. The lowest BCUT2D eigenvalue weighted by molar-refractivity contribution is 0.328. The zero-order valence-corrected chi connectivity index (χ0v) is 13.5. The summed E-state index contributed by atoms with van der Waals surface area (Å²) in [6.07, 6.45) is 3.98. The van der Waals surface area contributed by atoms with E-state index in [0.717, 1.165) is 8.95 Å². The lowest BCUT2D eigenvalue weighted by atomic mass is 9.92. The van der Waals surface area contributed by atoms with Crippen LogP contribution in [0.1, 0.15) is 25.3 Å². The number of fused-ring (bicyclic) bond motifs is 3. The van der Waals surface area contributed by atoms with Crippen molar-refractivity contribution in [2.75, 3.05) is 0 Å². The molecule has 1 aromatic heterocycles. The minimum atomic E-state index is 0.683. The molecule has 0 unspecified atom stereocenters. The molecule has 0 bridgehead atoms. The summed E-state index contributed by atoms with van der Waals surface area (Å²) in [5.41, 5.74) is 2.72. The maximum atomic E-state index is 3.59. The fraction of sp³-hybridized carbons (Fsp3) is 0.250. The molecular formula is C16H13Br2N. The van der Waals surface area contributed by atoms with E-state index in [0.29, 0.717) is 6.04 Å². The van der Waals surface area contributed by atoms with Gasteiger partial charge in [-0.1, -0.05) is 31.9 Å². The molecule has 1 fully saturated rings. The summed E-state index contributed by atoms with van der Waals surface area (Å²) in [7, 11) is 0. The Balaban J connectivity index is 2.16. The molecule has 0 saturated heterocycles. The Labute approximate surface area is 128 Å². The summed E-state index contributed by atoms with van der Waals surface area (Å²) in [5, 5.41) is 2.69. The average Bonchev–Trinajstić information content (AvgIpc) is 2.62. The molecule has 0 atom stereocenters. The normalized spacial score (nSPS) is 16.1. The number of hydrogen-bond acceptors (Lipinski definition) is 0. The fourth-order valence-electron chi connectivity index (χ4n) is 3.04. The quantitative estimate of drug-likeness (QED) is 0.486. The average molecular weight is 379 g/mol. The molecule has 4 rings (SSSR count). The van der Waals surface area contributed by atoms with Crippen LogP contribution in [0.2, 0.25) is 0 Å². The van der Waals surface area contributed by atoms with Gasteiger partial charge in [0.2, 0.25) is 0 Å². The Hall–Kier alpha value is -0.800. The molecule has 0 radical (unpaired) electrons. The zero-order valence-electron chi connectivity index (χ0n) is 10.4. The Bertz CT molecular complexity index is 725. The predicted octanol–water partition coefficient (Wildman–Crippen LogP) is 6.04. The van der Waals surface area contributed by atoms with Gasteiger partial charge in [0.15, 0.2) is 0 Å². The number of nitrogens with zero attached hydrogens (tertiary/aromatic N) is 1. The van der Waals surface area contributed by atoms with Gasteiger partial charge in [0, 0.05) is 36.8 Å². The number of rotatable bonds is 1. The van der Waals surface area contributed by atoms with Gasteiger partial charge in [0.1, 0.15) is 0 Å². The highest BCUT2D eigenvalue weighted by Gasteiger charge is 2.23. The SMILES string of the molecule is Brc1ccc2c(c1)c1cc(Br)ccc1n2C1CCC1. The van der Waals surface area contributed by atoms with Crippen molar-refractivity contribution in [3.8, 4) is 0 Å². The van der Waals surface area contributed by atoms with E-state index in [1.54, 1.807) is 0 Å². The summed E-state index contributed by atoms with van der Waals surface area (Å²) in [4.78, 5) is 0. The summed E-state index contributed by atoms with van der Waals surface area (Å²) >= 11 is 7.19. The van der Waals surface area contributed by atoms with Crippen molar-refractivity contribution in [3.63, 3.8) is 0 Å². The molecule has 3 aromatic rings. The Morgan fingerprint density at radius 1 is 0.842 bits per heavy atom. The van der Waals surface area contributed by atoms with Crippen LogP contribution in [-0.4, -0.2) is 4.57 Å². The predicted molar refractivity (Wildman–Crippen MR) is 87.7 cm³/mol. The van der Waals surface area contributed by atoms with Crippen LogP contribution in [0.3, 0.4) is 0 Å². The summed E-state index contributed by atoms with van der Waals surface area (Å²) < 4.78 is 4.83. The summed E-state index contributed by atoms with van der Waals surface area (Å²) in [6.45, 7) is 0. The van der Waals surface area contributed by atoms with Crippen molar-refractivity contribution in [1.82, 2.24) is 4.57 Å². The van der Waals surface area contributed by atoms with E-state index in [-0.39, 0.29) is 0 Å². The van der Waals surface area contributed by atoms with Crippen molar-refractivity contribution in [3.05, 3.63) is 45.3 Å². The molecule has 96 valence electrons.